The van der Waals surface area contributed by atoms with Gasteiger partial charge < -0.3 is 9.64 Å². The second-order valence-corrected chi connectivity index (χ2v) is 9.95. The van der Waals surface area contributed by atoms with Crippen LogP contribution in [0.1, 0.15) is 42.1 Å². The van der Waals surface area contributed by atoms with Gasteiger partial charge >= 0.3 is 0 Å². The van der Waals surface area contributed by atoms with Crippen LogP contribution in [-0.4, -0.2) is 74.0 Å². The minimum absolute atomic E-state index is 0.0156. The maximum absolute atomic E-state index is 13.0. The number of para-hydroxylation sites is 1. The van der Waals surface area contributed by atoms with Gasteiger partial charge in [-0.05, 0) is 19.4 Å². The molecule has 142 valence electrons. The molecule has 0 N–H and O–H groups in total. The van der Waals surface area contributed by atoms with Crippen LogP contribution in [0.5, 0.6) is 5.75 Å². The first-order chi connectivity index (χ1) is 12.4. The molecular formula is C19H26N2O4S. The SMILES string of the molecule is C[C@@H]1Oc2c(C(=O)N3CCN([C@H]4CCS(=O)(=O)C4)CC3)cccc2[C@H]1C. The van der Waals surface area contributed by atoms with Crippen molar-refractivity contribution < 1.29 is 17.9 Å². The molecule has 0 bridgehead atoms. The van der Waals surface area contributed by atoms with Crippen LogP contribution in [-0.2, 0) is 9.84 Å². The maximum Gasteiger partial charge on any atom is 0.257 e. The van der Waals surface area contributed by atoms with Gasteiger partial charge in [-0.25, -0.2) is 8.42 Å². The van der Waals surface area contributed by atoms with Gasteiger partial charge in [-0.2, -0.15) is 0 Å². The Kier molecular flexibility index (Phi) is 4.47. The first-order valence-electron chi connectivity index (χ1n) is 9.39. The first kappa shape index (κ1) is 17.8. The highest BCUT2D eigenvalue weighted by Crippen LogP contribution is 2.40. The van der Waals surface area contributed by atoms with Crippen molar-refractivity contribution in [3.63, 3.8) is 0 Å². The Hall–Kier alpha value is -1.60. The number of rotatable bonds is 2. The standard InChI is InChI=1S/C19H26N2O4S/c1-13-14(2)25-18-16(13)4-3-5-17(18)19(22)21-9-7-20(8-10-21)15-6-11-26(23,24)12-15/h3-5,13-15H,6-12H2,1-2H3/t13-,14-,15-/m0/s1. The molecule has 0 unspecified atom stereocenters. The minimum Gasteiger partial charge on any atom is -0.489 e. The van der Waals surface area contributed by atoms with E-state index in [2.05, 4.69) is 11.8 Å². The van der Waals surface area contributed by atoms with Crippen LogP contribution >= 0.6 is 0 Å². The van der Waals surface area contributed by atoms with Crippen LogP contribution in [0.2, 0.25) is 0 Å². The van der Waals surface area contributed by atoms with Crippen molar-refractivity contribution in [2.75, 3.05) is 37.7 Å². The maximum atomic E-state index is 13.0. The zero-order valence-electron chi connectivity index (χ0n) is 15.3. The average molecular weight is 378 g/mol. The predicted molar refractivity (Wildman–Crippen MR) is 99.5 cm³/mol. The van der Waals surface area contributed by atoms with Crippen LogP contribution in [0.25, 0.3) is 0 Å². The second-order valence-electron chi connectivity index (χ2n) is 7.72. The Morgan fingerprint density at radius 2 is 1.88 bits per heavy atom. The highest BCUT2D eigenvalue weighted by atomic mass is 32.2. The zero-order valence-corrected chi connectivity index (χ0v) is 16.2. The molecule has 4 rings (SSSR count). The molecule has 0 aliphatic carbocycles. The fourth-order valence-electron chi connectivity index (χ4n) is 4.28. The summed E-state index contributed by atoms with van der Waals surface area (Å²) in [5.41, 5.74) is 1.76. The van der Waals surface area contributed by atoms with E-state index in [1.807, 2.05) is 30.0 Å². The van der Waals surface area contributed by atoms with Gasteiger partial charge in [-0.1, -0.05) is 19.1 Å². The number of carbonyl (C=O) groups excluding carboxylic acids is 1. The van der Waals surface area contributed by atoms with E-state index in [-0.39, 0.29) is 23.8 Å². The number of hydrogen-bond acceptors (Lipinski definition) is 5. The number of fused-ring (bicyclic) bond motifs is 1. The molecule has 2 fully saturated rings. The molecule has 3 aliphatic heterocycles. The Morgan fingerprint density at radius 1 is 1.15 bits per heavy atom. The van der Waals surface area contributed by atoms with Gasteiger partial charge in [0.25, 0.3) is 5.91 Å². The van der Waals surface area contributed by atoms with E-state index in [1.165, 1.54) is 0 Å². The lowest BCUT2D eigenvalue weighted by atomic mass is 9.96. The zero-order chi connectivity index (χ0) is 18.5. The van der Waals surface area contributed by atoms with E-state index in [1.54, 1.807) is 0 Å². The summed E-state index contributed by atoms with van der Waals surface area (Å²) >= 11 is 0. The van der Waals surface area contributed by atoms with Crippen LogP contribution in [0.4, 0.5) is 0 Å². The lowest BCUT2D eigenvalue weighted by Crippen LogP contribution is -2.52. The highest BCUT2D eigenvalue weighted by Gasteiger charge is 2.36. The van der Waals surface area contributed by atoms with Crippen LogP contribution < -0.4 is 4.74 Å². The predicted octanol–water partition coefficient (Wildman–Crippen LogP) is 1.52. The summed E-state index contributed by atoms with van der Waals surface area (Å²) in [5, 5.41) is 0. The molecule has 1 aromatic rings. The van der Waals surface area contributed by atoms with Crippen molar-refractivity contribution in [2.24, 2.45) is 0 Å². The summed E-state index contributed by atoms with van der Waals surface area (Å²) in [6.45, 7) is 6.88. The Balaban J connectivity index is 1.44. The van der Waals surface area contributed by atoms with Crippen molar-refractivity contribution in [1.29, 1.82) is 0 Å². The number of sulfone groups is 1. The van der Waals surface area contributed by atoms with E-state index < -0.39 is 9.84 Å². The van der Waals surface area contributed by atoms with Gasteiger partial charge in [-0.15, -0.1) is 0 Å². The lowest BCUT2D eigenvalue weighted by molar-refractivity contribution is 0.0583. The van der Waals surface area contributed by atoms with Gasteiger partial charge in [0.2, 0.25) is 0 Å². The monoisotopic (exact) mass is 378 g/mol. The van der Waals surface area contributed by atoms with Crippen LogP contribution in [0.3, 0.4) is 0 Å². The van der Waals surface area contributed by atoms with Crippen molar-refractivity contribution in [3.05, 3.63) is 29.3 Å². The van der Waals surface area contributed by atoms with Gasteiger partial charge in [0.15, 0.2) is 9.84 Å². The molecule has 0 radical (unpaired) electrons. The molecule has 6 nitrogen and oxygen atoms in total. The van der Waals surface area contributed by atoms with Crippen LogP contribution in [0, 0.1) is 0 Å². The van der Waals surface area contributed by atoms with Gasteiger partial charge in [0.05, 0.1) is 17.1 Å². The fourth-order valence-corrected chi connectivity index (χ4v) is 6.04. The minimum atomic E-state index is -2.87. The summed E-state index contributed by atoms with van der Waals surface area (Å²) in [6.07, 6.45) is 0.798. The fraction of sp³-hybridized carbons (Fsp3) is 0.632. The molecular weight excluding hydrogens is 352 g/mol. The van der Waals surface area contributed by atoms with Gasteiger partial charge in [0, 0.05) is 43.7 Å². The van der Waals surface area contributed by atoms with Crippen molar-refractivity contribution in [2.45, 2.75) is 38.3 Å². The van der Waals surface area contributed by atoms with E-state index in [0.29, 0.717) is 36.7 Å². The summed E-state index contributed by atoms with van der Waals surface area (Å²) in [7, 11) is -2.87. The van der Waals surface area contributed by atoms with Crippen molar-refractivity contribution >= 4 is 15.7 Å². The summed E-state index contributed by atoms with van der Waals surface area (Å²) in [5.74, 6) is 1.60. The summed E-state index contributed by atoms with van der Waals surface area (Å²) in [6, 6.07) is 5.94. The van der Waals surface area contributed by atoms with Gasteiger partial charge in [-0.3, -0.25) is 9.69 Å². The number of hydrogen-bond donors (Lipinski definition) is 0. The largest absolute Gasteiger partial charge is 0.489 e. The smallest absolute Gasteiger partial charge is 0.257 e. The lowest BCUT2D eigenvalue weighted by Gasteiger charge is -2.37. The Morgan fingerprint density at radius 3 is 2.54 bits per heavy atom. The Labute approximate surface area is 155 Å². The molecule has 3 heterocycles. The summed E-state index contributed by atoms with van der Waals surface area (Å²) < 4.78 is 29.4. The third-order valence-corrected chi connectivity index (χ3v) is 7.85. The molecule has 0 aromatic heterocycles. The highest BCUT2D eigenvalue weighted by molar-refractivity contribution is 7.91. The number of piperazine rings is 1. The number of nitrogens with zero attached hydrogens (tertiary/aromatic N) is 2. The number of ether oxygens (including phenoxy) is 1. The van der Waals surface area contributed by atoms with Crippen LogP contribution in [0.15, 0.2) is 18.2 Å². The van der Waals surface area contributed by atoms with Gasteiger partial charge in [0.1, 0.15) is 11.9 Å². The molecule has 2 saturated heterocycles. The molecule has 0 spiro atoms. The van der Waals surface area contributed by atoms with E-state index in [9.17, 15) is 13.2 Å². The third-order valence-electron chi connectivity index (χ3n) is 6.10. The number of amides is 1. The quantitative estimate of drug-likeness (QED) is 0.781. The van der Waals surface area contributed by atoms with Crippen molar-refractivity contribution in [1.82, 2.24) is 9.80 Å². The molecule has 0 saturated carbocycles. The molecule has 26 heavy (non-hydrogen) atoms. The van der Waals surface area contributed by atoms with E-state index in [4.69, 9.17) is 4.74 Å². The number of carbonyl (C=O) groups is 1. The molecule has 3 atom stereocenters. The third kappa shape index (κ3) is 3.11. The van der Waals surface area contributed by atoms with Crippen molar-refractivity contribution in [3.8, 4) is 5.75 Å². The van der Waals surface area contributed by atoms with E-state index in [0.717, 1.165) is 24.4 Å². The van der Waals surface area contributed by atoms with E-state index >= 15 is 0 Å². The topological polar surface area (TPSA) is 66.9 Å². The summed E-state index contributed by atoms with van der Waals surface area (Å²) in [4.78, 5) is 17.1. The molecule has 3 aliphatic rings. The normalized spacial score (nSPS) is 30.8. The molecule has 1 amide bonds. The number of benzene rings is 1. The molecule has 7 heteroatoms. The first-order valence-corrected chi connectivity index (χ1v) is 11.2. The second kappa shape index (κ2) is 6.53. The average Bonchev–Trinajstić information content (AvgIpc) is 3.14. The molecule has 1 aromatic carbocycles. The Bertz CT molecular complexity index is 815.